The van der Waals surface area contributed by atoms with E-state index in [1.807, 2.05) is 6.92 Å². The molecule has 1 atom stereocenters. The highest BCUT2D eigenvalue weighted by molar-refractivity contribution is 9.10. The van der Waals surface area contributed by atoms with E-state index in [-0.39, 0.29) is 10.9 Å². The van der Waals surface area contributed by atoms with Gasteiger partial charge in [0.15, 0.2) is 4.67 Å². The highest BCUT2D eigenvalue weighted by Gasteiger charge is 2.35. The Morgan fingerprint density at radius 2 is 2.20 bits per heavy atom. The van der Waals surface area contributed by atoms with Crippen molar-refractivity contribution in [2.75, 3.05) is 6.54 Å². The zero-order chi connectivity index (χ0) is 14.3. The molecule has 1 aromatic rings. The molecule has 3 rings (SSSR count). The zero-order valence-electron chi connectivity index (χ0n) is 11.4. The van der Waals surface area contributed by atoms with Crippen LogP contribution in [0.4, 0.5) is 0 Å². The number of halogens is 1. The van der Waals surface area contributed by atoms with E-state index in [0.29, 0.717) is 29.6 Å². The Bertz CT molecular complexity index is 595. The fourth-order valence-electron chi connectivity index (χ4n) is 2.58. The summed E-state index contributed by atoms with van der Waals surface area (Å²) in [7, 11) is -3.46. The second kappa shape index (κ2) is 5.44. The van der Waals surface area contributed by atoms with Gasteiger partial charge in [-0.05, 0) is 48.5 Å². The smallest absolute Gasteiger partial charge is 0.247 e. The third-order valence-corrected chi connectivity index (χ3v) is 6.80. The topological polar surface area (TPSA) is 62.6 Å². The summed E-state index contributed by atoms with van der Waals surface area (Å²) in [6, 6.07) is 2.27. The molecule has 1 unspecified atom stereocenters. The first-order chi connectivity index (χ1) is 9.48. The summed E-state index contributed by atoms with van der Waals surface area (Å²) in [4.78, 5) is 0.249. The lowest BCUT2D eigenvalue weighted by atomic mass is 10.3. The summed E-state index contributed by atoms with van der Waals surface area (Å²) in [5.41, 5.74) is 0. The van der Waals surface area contributed by atoms with Crippen molar-refractivity contribution in [3.05, 3.63) is 16.5 Å². The van der Waals surface area contributed by atoms with E-state index in [1.54, 1.807) is 10.4 Å². The molecular formula is C13H19BrN2O3S. The average molecular weight is 363 g/mol. The molecular weight excluding hydrogens is 344 g/mol. The van der Waals surface area contributed by atoms with Gasteiger partial charge >= 0.3 is 0 Å². The molecule has 0 aromatic carbocycles. The number of hydrogen-bond donors (Lipinski definition) is 1. The molecule has 5 nitrogen and oxygen atoms in total. The van der Waals surface area contributed by atoms with Crippen LogP contribution in [0.1, 0.15) is 38.4 Å². The standard InChI is InChI=1S/C13H19BrN2O3S/c1-9-3-2-6-16(9)20(17,18)12-7-11(19-13(12)14)8-15-10-4-5-10/h7,9-10,15H,2-6,8H2,1H3. The monoisotopic (exact) mass is 362 g/mol. The summed E-state index contributed by atoms with van der Waals surface area (Å²) < 4.78 is 32.7. The minimum absolute atomic E-state index is 0.0647. The second-order valence-corrected chi connectivity index (χ2v) is 8.19. The SMILES string of the molecule is CC1CCCN1S(=O)(=O)c1cc(CNC2CC2)oc1Br. The van der Waals surface area contributed by atoms with Gasteiger partial charge < -0.3 is 9.73 Å². The van der Waals surface area contributed by atoms with Crippen LogP contribution in [0, 0.1) is 0 Å². The third-order valence-electron chi connectivity index (χ3n) is 3.93. The van der Waals surface area contributed by atoms with Crippen molar-refractivity contribution in [3.8, 4) is 0 Å². The number of nitrogens with one attached hydrogen (secondary N) is 1. The number of sulfonamides is 1. The summed E-state index contributed by atoms with van der Waals surface area (Å²) >= 11 is 3.24. The molecule has 20 heavy (non-hydrogen) atoms. The van der Waals surface area contributed by atoms with E-state index in [9.17, 15) is 8.42 Å². The van der Waals surface area contributed by atoms with Gasteiger partial charge in [-0.2, -0.15) is 4.31 Å². The van der Waals surface area contributed by atoms with E-state index in [2.05, 4.69) is 21.2 Å². The van der Waals surface area contributed by atoms with Crippen LogP contribution in [0.3, 0.4) is 0 Å². The summed E-state index contributed by atoms with van der Waals surface area (Å²) in [6.07, 6.45) is 4.23. The van der Waals surface area contributed by atoms with Crippen molar-refractivity contribution in [2.24, 2.45) is 0 Å². The Kier molecular flexibility index (Phi) is 3.96. The van der Waals surface area contributed by atoms with Crippen LogP contribution in [-0.2, 0) is 16.6 Å². The maximum atomic E-state index is 12.6. The molecule has 1 aromatic heterocycles. The van der Waals surface area contributed by atoms with Gasteiger partial charge in [0, 0.05) is 24.7 Å². The number of rotatable bonds is 5. The molecule has 0 radical (unpaired) electrons. The van der Waals surface area contributed by atoms with Crippen molar-refractivity contribution in [1.29, 1.82) is 0 Å². The van der Waals surface area contributed by atoms with E-state index >= 15 is 0 Å². The predicted octanol–water partition coefficient (Wildman–Crippen LogP) is 2.47. The third kappa shape index (κ3) is 2.81. The molecule has 7 heteroatoms. The van der Waals surface area contributed by atoms with E-state index < -0.39 is 10.0 Å². The quantitative estimate of drug-likeness (QED) is 0.873. The van der Waals surface area contributed by atoms with Gasteiger partial charge in [-0.25, -0.2) is 8.42 Å². The molecule has 0 amide bonds. The molecule has 1 saturated heterocycles. The van der Waals surface area contributed by atoms with Crippen molar-refractivity contribution >= 4 is 26.0 Å². The highest BCUT2D eigenvalue weighted by Crippen LogP contribution is 2.32. The number of furan rings is 1. The summed E-state index contributed by atoms with van der Waals surface area (Å²) in [6.45, 7) is 3.12. The van der Waals surface area contributed by atoms with Crippen LogP contribution < -0.4 is 5.32 Å². The molecule has 1 saturated carbocycles. The van der Waals surface area contributed by atoms with Crippen LogP contribution in [0.2, 0.25) is 0 Å². The molecule has 2 aliphatic rings. The van der Waals surface area contributed by atoms with Gasteiger partial charge in [-0.3, -0.25) is 0 Å². The maximum Gasteiger partial charge on any atom is 0.247 e. The molecule has 2 heterocycles. The van der Waals surface area contributed by atoms with Gasteiger partial charge in [-0.1, -0.05) is 0 Å². The van der Waals surface area contributed by atoms with Crippen LogP contribution in [0.15, 0.2) is 20.0 Å². The second-order valence-electron chi connectivity index (χ2n) is 5.61. The van der Waals surface area contributed by atoms with Crippen molar-refractivity contribution in [1.82, 2.24) is 9.62 Å². The number of nitrogens with zero attached hydrogens (tertiary/aromatic N) is 1. The van der Waals surface area contributed by atoms with Gasteiger partial charge in [0.2, 0.25) is 10.0 Å². The Balaban J connectivity index is 1.81. The Morgan fingerprint density at radius 1 is 1.45 bits per heavy atom. The Morgan fingerprint density at radius 3 is 2.80 bits per heavy atom. The summed E-state index contributed by atoms with van der Waals surface area (Å²) in [5.74, 6) is 0.661. The fraction of sp³-hybridized carbons (Fsp3) is 0.692. The first kappa shape index (κ1) is 14.6. The first-order valence-corrected chi connectivity index (χ1v) is 9.25. The highest BCUT2D eigenvalue weighted by atomic mass is 79.9. The molecule has 0 spiro atoms. The minimum atomic E-state index is -3.46. The Labute approximate surface area is 127 Å². The molecule has 1 aliphatic carbocycles. The average Bonchev–Trinajstić information content (AvgIpc) is 2.99. The van der Waals surface area contributed by atoms with E-state index in [0.717, 1.165) is 12.8 Å². The number of hydrogen-bond acceptors (Lipinski definition) is 4. The lowest BCUT2D eigenvalue weighted by Gasteiger charge is -2.19. The molecule has 0 bridgehead atoms. The largest absolute Gasteiger partial charge is 0.452 e. The molecule has 1 aliphatic heterocycles. The van der Waals surface area contributed by atoms with Crippen molar-refractivity contribution in [3.63, 3.8) is 0 Å². The summed E-state index contributed by atoms with van der Waals surface area (Å²) in [5, 5.41) is 3.32. The van der Waals surface area contributed by atoms with Crippen LogP contribution in [0.5, 0.6) is 0 Å². The van der Waals surface area contributed by atoms with E-state index in [4.69, 9.17) is 4.42 Å². The zero-order valence-corrected chi connectivity index (χ0v) is 13.8. The van der Waals surface area contributed by atoms with Gasteiger partial charge in [0.25, 0.3) is 0 Å². The predicted molar refractivity (Wildman–Crippen MR) is 78.9 cm³/mol. The lowest BCUT2D eigenvalue weighted by molar-refractivity contribution is 0.405. The molecule has 2 fully saturated rings. The first-order valence-electron chi connectivity index (χ1n) is 7.02. The molecule has 112 valence electrons. The van der Waals surface area contributed by atoms with Gasteiger partial charge in [-0.15, -0.1) is 0 Å². The van der Waals surface area contributed by atoms with Crippen molar-refractivity contribution in [2.45, 2.75) is 56.1 Å². The van der Waals surface area contributed by atoms with Crippen LogP contribution in [0.25, 0.3) is 0 Å². The van der Waals surface area contributed by atoms with Crippen LogP contribution in [-0.4, -0.2) is 31.4 Å². The minimum Gasteiger partial charge on any atom is -0.452 e. The lowest BCUT2D eigenvalue weighted by Crippen LogP contribution is -2.33. The van der Waals surface area contributed by atoms with Gasteiger partial charge in [0.05, 0.1) is 6.54 Å². The normalized spacial score (nSPS) is 24.4. The van der Waals surface area contributed by atoms with Crippen LogP contribution >= 0.6 is 15.9 Å². The fourth-order valence-corrected chi connectivity index (χ4v) is 5.25. The van der Waals surface area contributed by atoms with E-state index in [1.165, 1.54) is 12.8 Å². The Hall–Kier alpha value is -0.370. The van der Waals surface area contributed by atoms with Crippen molar-refractivity contribution < 1.29 is 12.8 Å². The van der Waals surface area contributed by atoms with Gasteiger partial charge in [0.1, 0.15) is 10.7 Å². The molecule has 1 N–H and O–H groups in total. The maximum absolute atomic E-state index is 12.6.